The molecule has 0 unspecified atom stereocenters. The van der Waals surface area contributed by atoms with E-state index in [4.69, 9.17) is 20.1 Å². The van der Waals surface area contributed by atoms with Crippen LogP contribution in [0.5, 0.6) is 0 Å². The Balaban J connectivity index is 1.78. The number of nitrogens with one attached hydrogen (secondary N) is 5. The number of carbonyl (C=O) groups is 2. The summed E-state index contributed by atoms with van der Waals surface area (Å²) in [5.74, 6) is 5.09. The number of hydrogen-bond donors (Lipinski definition) is 6. The van der Waals surface area contributed by atoms with Crippen molar-refractivity contribution in [1.29, 1.82) is 0 Å². The number of hydrogen-bond acceptors (Lipinski definition) is 8. The van der Waals surface area contributed by atoms with Crippen LogP contribution in [0.1, 0.15) is 39.0 Å². The molecule has 0 radical (unpaired) electrons. The van der Waals surface area contributed by atoms with Crippen molar-refractivity contribution in [2.24, 2.45) is 5.84 Å². The summed E-state index contributed by atoms with van der Waals surface area (Å²) in [5, 5.41) is 8.59. The molecule has 3 amide bonds. The van der Waals surface area contributed by atoms with Gasteiger partial charge < -0.3 is 30.2 Å². The van der Waals surface area contributed by atoms with Crippen molar-refractivity contribution < 1.29 is 23.8 Å². The van der Waals surface area contributed by atoms with Crippen LogP contribution >= 0.6 is 0 Å². The molecular formula is C18H38N6O5. The third kappa shape index (κ3) is 14.2. The summed E-state index contributed by atoms with van der Waals surface area (Å²) >= 11 is 0. The lowest BCUT2D eigenvalue weighted by Gasteiger charge is -2.13. The van der Waals surface area contributed by atoms with Crippen LogP contribution in [0.15, 0.2) is 0 Å². The van der Waals surface area contributed by atoms with Crippen molar-refractivity contribution in [1.82, 2.24) is 26.9 Å². The van der Waals surface area contributed by atoms with Gasteiger partial charge in [-0.15, -0.1) is 0 Å². The summed E-state index contributed by atoms with van der Waals surface area (Å²) in [6.45, 7) is 6.17. The molecule has 7 N–H and O–H groups in total. The first-order valence-corrected chi connectivity index (χ1v) is 10.4. The highest BCUT2D eigenvalue weighted by Gasteiger charge is 2.26. The predicted molar refractivity (Wildman–Crippen MR) is 109 cm³/mol. The van der Waals surface area contributed by atoms with Gasteiger partial charge in [-0.25, -0.2) is 10.2 Å². The molecule has 11 nitrogen and oxygen atoms in total. The molecule has 0 spiro atoms. The third-order valence-electron chi connectivity index (χ3n) is 4.48. The molecule has 0 aliphatic carbocycles. The minimum Gasteiger partial charge on any atom is -0.378 e. The molecule has 29 heavy (non-hydrogen) atoms. The zero-order valence-electron chi connectivity index (χ0n) is 17.5. The van der Waals surface area contributed by atoms with Crippen LogP contribution < -0.4 is 32.8 Å². The smallest absolute Gasteiger partial charge is 0.315 e. The van der Waals surface area contributed by atoms with Crippen LogP contribution in [0.4, 0.5) is 4.79 Å². The Hall–Kier alpha value is -1.50. The van der Waals surface area contributed by atoms with Gasteiger partial charge in [0.15, 0.2) is 0 Å². The van der Waals surface area contributed by atoms with Crippen LogP contribution in [0.25, 0.3) is 0 Å². The first-order chi connectivity index (χ1) is 14.1. The molecule has 11 heteroatoms. The van der Waals surface area contributed by atoms with E-state index in [9.17, 15) is 9.59 Å². The molecule has 0 saturated carbocycles. The van der Waals surface area contributed by atoms with E-state index in [0.29, 0.717) is 59.2 Å². The number of nitrogens with two attached hydrogens (primary N) is 1. The largest absolute Gasteiger partial charge is 0.378 e. The van der Waals surface area contributed by atoms with E-state index < -0.39 is 0 Å². The number of hydrazine groups is 2. The van der Waals surface area contributed by atoms with Crippen LogP contribution in [0, 0.1) is 0 Å². The monoisotopic (exact) mass is 418 g/mol. The predicted octanol–water partition coefficient (Wildman–Crippen LogP) is -0.859. The van der Waals surface area contributed by atoms with Crippen molar-refractivity contribution in [2.45, 2.75) is 51.1 Å². The van der Waals surface area contributed by atoms with E-state index in [1.807, 2.05) is 6.92 Å². The molecule has 0 aromatic rings. The van der Waals surface area contributed by atoms with Gasteiger partial charge in [0.25, 0.3) is 0 Å². The van der Waals surface area contributed by atoms with E-state index in [1.54, 1.807) is 0 Å². The zero-order chi connectivity index (χ0) is 21.2. The van der Waals surface area contributed by atoms with Crippen molar-refractivity contribution in [2.75, 3.05) is 52.7 Å². The van der Waals surface area contributed by atoms with Gasteiger partial charge in [0.05, 0.1) is 45.7 Å². The molecule has 1 heterocycles. The maximum absolute atomic E-state index is 11.8. The molecule has 0 aromatic carbocycles. The van der Waals surface area contributed by atoms with Gasteiger partial charge in [0.2, 0.25) is 5.91 Å². The van der Waals surface area contributed by atoms with Gasteiger partial charge in [-0.1, -0.05) is 12.8 Å². The Bertz CT molecular complexity index is 443. The molecular weight excluding hydrogens is 380 g/mol. The zero-order valence-corrected chi connectivity index (χ0v) is 17.5. The Morgan fingerprint density at radius 2 is 1.62 bits per heavy atom. The van der Waals surface area contributed by atoms with Crippen LogP contribution in [0.3, 0.4) is 0 Å². The Labute approximate surface area is 173 Å². The first-order valence-electron chi connectivity index (χ1n) is 10.4. The fourth-order valence-corrected chi connectivity index (χ4v) is 2.88. The van der Waals surface area contributed by atoms with E-state index in [-0.39, 0.29) is 24.0 Å². The standard InChI is InChI=1S/C18H38N6O5/c1-15-16(23-18(26)22-15)5-3-2-4-6-17(25)20-7-9-27-11-13-29-14-12-28-10-8-21-24-19/h15-16,21,24H,2-14,19H2,1H3,(H,20,25)(H2,22,23,26)/t15-,16+/m0/s1. The van der Waals surface area contributed by atoms with Gasteiger partial charge in [-0.05, 0) is 19.8 Å². The van der Waals surface area contributed by atoms with Crippen molar-refractivity contribution in [3.63, 3.8) is 0 Å². The van der Waals surface area contributed by atoms with Gasteiger partial charge in [0, 0.05) is 25.6 Å². The average molecular weight is 419 g/mol. The highest BCUT2D eigenvalue weighted by molar-refractivity contribution is 5.77. The summed E-state index contributed by atoms with van der Waals surface area (Å²) in [6, 6.07) is 0.280. The minimum atomic E-state index is -0.0885. The molecule has 1 saturated heterocycles. The Morgan fingerprint density at radius 3 is 2.24 bits per heavy atom. The first kappa shape index (κ1) is 25.5. The molecule has 170 valence electrons. The van der Waals surface area contributed by atoms with Gasteiger partial charge >= 0.3 is 6.03 Å². The number of urea groups is 1. The topological polar surface area (TPSA) is 148 Å². The summed E-state index contributed by atoms with van der Waals surface area (Å²) in [5.41, 5.74) is 5.03. The average Bonchev–Trinajstić information content (AvgIpc) is 3.02. The molecule has 1 aliphatic rings. The second kappa shape index (κ2) is 17.4. The molecule has 1 aliphatic heterocycles. The second-order valence-corrected chi connectivity index (χ2v) is 6.87. The number of ether oxygens (including phenoxy) is 3. The summed E-state index contributed by atoms with van der Waals surface area (Å²) in [4.78, 5) is 23.0. The van der Waals surface area contributed by atoms with E-state index in [0.717, 1.165) is 25.7 Å². The lowest BCUT2D eigenvalue weighted by atomic mass is 10.0. The fraction of sp³-hybridized carbons (Fsp3) is 0.889. The SMILES string of the molecule is C[C@@H]1NC(=O)N[C@@H]1CCCCCC(=O)NCCOCCOCCOCCNNN. The lowest BCUT2D eigenvalue weighted by molar-refractivity contribution is -0.121. The molecule has 1 fully saturated rings. The highest BCUT2D eigenvalue weighted by atomic mass is 16.5. The number of unbranched alkanes of at least 4 members (excludes halogenated alkanes) is 2. The van der Waals surface area contributed by atoms with Crippen molar-refractivity contribution >= 4 is 11.9 Å². The normalized spacial score (nSPS) is 18.5. The molecule has 0 bridgehead atoms. The molecule has 0 aromatic heterocycles. The van der Waals surface area contributed by atoms with Crippen LogP contribution in [-0.2, 0) is 19.0 Å². The quantitative estimate of drug-likeness (QED) is 0.0902. The van der Waals surface area contributed by atoms with Gasteiger partial charge in [-0.3, -0.25) is 10.6 Å². The molecule has 2 atom stereocenters. The van der Waals surface area contributed by atoms with Crippen LogP contribution in [0.2, 0.25) is 0 Å². The van der Waals surface area contributed by atoms with E-state index in [1.165, 1.54) is 0 Å². The number of amides is 3. The third-order valence-corrected chi connectivity index (χ3v) is 4.48. The Kier molecular flexibility index (Phi) is 15.3. The highest BCUT2D eigenvalue weighted by Crippen LogP contribution is 2.11. The van der Waals surface area contributed by atoms with Crippen molar-refractivity contribution in [3.8, 4) is 0 Å². The summed E-state index contributed by atoms with van der Waals surface area (Å²) in [6.07, 6.45) is 4.28. The Morgan fingerprint density at radius 1 is 0.966 bits per heavy atom. The minimum absolute atomic E-state index is 0.0468. The lowest BCUT2D eigenvalue weighted by Crippen LogP contribution is -2.39. The fourth-order valence-electron chi connectivity index (χ4n) is 2.88. The van der Waals surface area contributed by atoms with Gasteiger partial charge in [-0.2, -0.15) is 5.53 Å². The van der Waals surface area contributed by atoms with Gasteiger partial charge in [0.1, 0.15) is 0 Å². The van der Waals surface area contributed by atoms with E-state index in [2.05, 4.69) is 26.9 Å². The number of carbonyl (C=O) groups excluding carboxylic acids is 2. The van der Waals surface area contributed by atoms with E-state index >= 15 is 0 Å². The number of rotatable bonds is 19. The van der Waals surface area contributed by atoms with Crippen LogP contribution in [-0.4, -0.2) is 76.8 Å². The molecule has 1 rings (SSSR count). The maximum atomic E-state index is 11.8. The maximum Gasteiger partial charge on any atom is 0.315 e. The summed E-state index contributed by atoms with van der Waals surface area (Å²) in [7, 11) is 0. The summed E-state index contributed by atoms with van der Waals surface area (Å²) < 4.78 is 16.1. The van der Waals surface area contributed by atoms with Crippen molar-refractivity contribution in [3.05, 3.63) is 0 Å². The second-order valence-electron chi connectivity index (χ2n) is 6.87.